The highest BCUT2D eigenvalue weighted by Crippen LogP contribution is 2.39. The SMILES string of the molecule is CCCCCNc1cc(OCCOC)nc(C2CC2)n1. The Labute approximate surface area is 121 Å². The smallest absolute Gasteiger partial charge is 0.218 e. The maximum absolute atomic E-state index is 5.62. The van der Waals surface area contributed by atoms with Gasteiger partial charge in [-0.25, -0.2) is 4.98 Å². The van der Waals surface area contributed by atoms with Crippen LogP contribution in [-0.4, -0.2) is 36.8 Å². The summed E-state index contributed by atoms with van der Waals surface area (Å²) in [6.45, 7) is 4.25. The van der Waals surface area contributed by atoms with Gasteiger partial charge in [-0.05, 0) is 19.3 Å². The Morgan fingerprint density at radius 1 is 1.25 bits per heavy atom. The fraction of sp³-hybridized carbons (Fsp3) is 0.733. The average Bonchev–Trinajstić information content (AvgIpc) is 3.28. The zero-order valence-corrected chi connectivity index (χ0v) is 12.5. The number of anilines is 1. The Balaban J connectivity index is 1.94. The van der Waals surface area contributed by atoms with Crippen molar-refractivity contribution in [1.29, 1.82) is 0 Å². The van der Waals surface area contributed by atoms with Crippen LogP contribution in [0.3, 0.4) is 0 Å². The van der Waals surface area contributed by atoms with Crippen molar-refractivity contribution >= 4 is 5.82 Å². The van der Waals surface area contributed by atoms with E-state index in [0.29, 0.717) is 25.0 Å². The van der Waals surface area contributed by atoms with E-state index in [1.807, 2.05) is 6.07 Å². The molecule has 2 rings (SSSR count). The number of hydrogen-bond acceptors (Lipinski definition) is 5. The van der Waals surface area contributed by atoms with Crippen LogP contribution in [0.5, 0.6) is 5.88 Å². The van der Waals surface area contributed by atoms with Gasteiger partial charge >= 0.3 is 0 Å². The summed E-state index contributed by atoms with van der Waals surface area (Å²) in [5, 5.41) is 3.37. The first-order chi connectivity index (χ1) is 9.83. The summed E-state index contributed by atoms with van der Waals surface area (Å²) in [7, 11) is 1.67. The quantitative estimate of drug-likeness (QED) is 0.667. The van der Waals surface area contributed by atoms with Crippen LogP contribution >= 0.6 is 0 Å². The van der Waals surface area contributed by atoms with Crippen LogP contribution in [0.15, 0.2) is 6.07 Å². The topological polar surface area (TPSA) is 56.3 Å². The molecule has 5 heteroatoms. The van der Waals surface area contributed by atoms with E-state index >= 15 is 0 Å². The zero-order valence-electron chi connectivity index (χ0n) is 12.5. The number of nitrogens with zero attached hydrogens (tertiary/aromatic N) is 2. The molecule has 0 unspecified atom stereocenters. The molecule has 0 atom stereocenters. The number of nitrogens with one attached hydrogen (secondary N) is 1. The van der Waals surface area contributed by atoms with Gasteiger partial charge in [0, 0.05) is 25.6 Å². The lowest BCUT2D eigenvalue weighted by Gasteiger charge is -2.10. The second-order valence-corrected chi connectivity index (χ2v) is 5.20. The summed E-state index contributed by atoms with van der Waals surface area (Å²) in [4.78, 5) is 9.07. The van der Waals surface area contributed by atoms with E-state index in [2.05, 4.69) is 22.2 Å². The molecule has 1 fully saturated rings. The van der Waals surface area contributed by atoms with Gasteiger partial charge in [-0.2, -0.15) is 4.98 Å². The van der Waals surface area contributed by atoms with Gasteiger partial charge in [0.25, 0.3) is 0 Å². The van der Waals surface area contributed by atoms with Crippen molar-refractivity contribution in [3.8, 4) is 5.88 Å². The monoisotopic (exact) mass is 279 g/mol. The number of ether oxygens (including phenoxy) is 2. The van der Waals surface area contributed by atoms with Crippen LogP contribution in [-0.2, 0) is 4.74 Å². The van der Waals surface area contributed by atoms with E-state index in [0.717, 1.165) is 18.2 Å². The molecule has 5 nitrogen and oxygen atoms in total. The summed E-state index contributed by atoms with van der Waals surface area (Å²) in [5.74, 6) is 2.97. The average molecular weight is 279 g/mol. The van der Waals surface area contributed by atoms with Crippen molar-refractivity contribution < 1.29 is 9.47 Å². The minimum absolute atomic E-state index is 0.521. The highest BCUT2D eigenvalue weighted by atomic mass is 16.5. The number of rotatable bonds is 10. The number of unbranched alkanes of at least 4 members (excludes halogenated alkanes) is 2. The zero-order chi connectivity index (χ0) is 14.2. The van der Waals surface area contributed by atoms with Crippen molar-refractivity contribution in [3.63, 3.8) is 0 Å². The van der Waals surface area contributed by atoms with Gasteiger partial charge < -0.3 is 14.8 Å². The molecule has 0 aliphatic heterocycles. The van der Waals surface area contributed by atoms with E-state index in [4.69, 9.17) is 9.47 Å². The van der Waals surface area contributed by atoms with E-state index < -0.39 is 0 Å². The molecule has 1 aromatic heterocycles. The van der Waals surface area contributed by atoms with Crippen LogP contribution in [0.4, 0.5) is 5.82 Å². The first-order valence-electron chi connectivity index (χ1n) is 7.58. The Morgan fingerprint density at radius 3 is 2.80 bits per heavy atom. The molecule has 0 spiro atoms. The summed E-state index contributed by atoms with van der Waals surface area (Å²) in [5.41, 5.74) is 0. The number of hydrogen-bond donors (Lipinski definition) is 1. The standard InChI is InChI=1S/C15H25N3O2/c1-3-4-5-8-16-13-11-14(20-10-9-19-2)18-15(17-13)12-6-7-12/h11-12H,3-10H2,1-2H3,(H,16,17,18). The molecule has 1 heterocycles. The molecule has 1 aromatic rings. The molecule has 0 saturated heterocycles. The van der Waals surface area contributed by atoms with Crippen molar-refractivity contribution in [3.05, 3.63) is 11.9 Å². The third-order valence-corrected chi connectivity index (χ3v) is 3.29. The molecule has 0 bridgehead atoms. The fourth-order valence-corrected chi connectivity index (χ4v) is 1.95. The molecule has 1 aliphatic rings. The van der Waals surface area contributed by atoms with E-state index in [1.165, 1.54) is 32.1 Å². The predicted molar refractivity (Wildman–Crippen MR) is 79.4 cm³/mol. The minimum atomic E-state index is 0.521. The van der Waals surface area contributed by atoms with Crippen LogP contribution in [0.25, 0.3) is 0 Å². The van der Waals surface area contributed by atoms with Gasteiger partial charge in [-0.1, -0.05) is 19.8 Å². The van der Waals surface area contributed by atoms with Crippen molar-refractivity contribution in [2.24, 2.45) is 0 Å². The third kappa shape index (κ3) is 4.96. The van der Waals surface area contributed by atoms with E-state index in [9.17, 15) is 0 Å². The third-order valence-electron chi connectivity index (χ3n) is 3.29. The Bertz CT molecular complexity index is 408. The molecule has 1 saturated carbocycles. The first-order valence-corrected chi connectivity index (χ1v) is 7.58. The highest BCUT2D eigenvalue weighted by molar-refractivity contribution is 5.39. The number of methoxy groups -OCH3 is 1. The Morgan fingerprint density at radius 2 is 2.10 bits per heavy atom. The minimum Gasteiger partial charge on any atom is -0.475 e. The van der Waals surface area contributed by atoms with Gasteiger partial charge in [0.2, 0.25) is 5.88 Å². The fourth-order valence-electron chi connectivity index (χ4n) is 1.95. The van der Waals surface area contributed by atoms with Crippen LogP contribution in [0, 0.1) is 0 Å². The first kappa shape index (κ1) is 15.0. The molecule has 112 valence electrons. The van der Waals surface area contributed by atoms with Crippen LogP contribution in [0.1, 0.15) is 50.8 Å². The molecule has 20 heavy (non-hydrogen) atoms. The summed E-state index contributed by atoms with van der Waals surface area (Å²) in [6.07, 6.45) is 6.02. The van der Waals surface area contributed by atoms with Gasteiger partial charge in [0.05, 0.1) is 6.61 Å². The molecular weight excluding hydrogens is 254 g/mol. The molecule has 0 radical (unpaired) electrons. The lowest BCUT2D eigenvalue weighted by molar-refractivity contribution is 0.143. The Kier molecular flexibility index (Phi) is 6.05. The van der Waals surface area contributed by atoms with Gasteiger partial charge in [-0.3, -0.25) is 0 Å². The second-order valence-electron chi connectivity index (χ2n) is 5.20. The predicted octanol–water partition coefficient (Wildman–Crippen LogP) is 2.98. The molecule has 1 N–H and O–H groups in total. The van der Waals surface area contributed by atoms with Gasteiger partial charge in [0.1, 0.15) is 18.2 Å². The van der Waals surface area contributed by atoms with Gasteiger partial charge in [0.15, 0.2) is 0 Å². The van der Waals surface area contributed by atoms with Crippen molar-refractivity contribution in [1.82, 2.24) is 9.97 Å². The molecule has 1 aliphatic carbocycles. The van der Waals surface area contributed by atoms with E-state index in [1.54, 1.807) is 7.11 Å². The molecule has 0 aromatic carbocycles. The number of aromatic nitrogens is 2. The normalized spacial score (nSPS) is 14.3. The molecular formula is C15H25N3O2. The largest absolute Gasteiger partial charge is 0.475 e. The Hall–Kier alpha value is -1.36. The lowest BCUT2D eigenvalue weighted by Crippen LogP contribution is -2.09. The van der Waals surface area contributed by atoms with E-state index in [-0.39, 0.29) is 0 Å². The summed E-state index contributed by atoms with van der Waals surface area (Å²) < 4.78 is 10.6. The van der Waals surface area contributed by atoms with Crippen molar-refractivity contribution in [2.75, 3.05) is 32.2 Å². The van der Waals surface area contributed by atoms with Gasteiger partial charge in [-0.15, -0.1) is 0 Å². The lowest BCUT2D eigenvalue weighted by atomic mass is 10.2. The van der Waals surface area contributed by atoms with Crippen molar-refractivity contribution in [2.45, 2.75) is 44.9 Å². The van der Waals surface area contributed by atoms with Crippen LogP contribution < -0.4 is 10.1 Å². The maximum atomic E-state index is 5.62. The molecule has 0 amide bonds. The highest BCUT2D eigenvalue weighted by Gasteiger charge is 2.27. The maximum Gasteiger partial charge on any atom is 0.218 e. The van der Waals surface area contributed by atoms with Crippen LogP contribution in [0.2, 0.25) is 0 Å². The summed E-state index contributed by atoms with van der Waals surface area (Å²) >= 11 is 0. The second kappa shape index (κ2) is 8.04. The summed E-state index contributed by atoms with van der Waals surface area (Å²) in [6, 6.07) is 1.88.